The molecule has 18 heavy (non-hydrogen) atoms. The summed E-state index contributed by atoms with van der Waals surface area (Å²) < 4.78 is 0. The van der Waals surface area contributed by atoms with Crippen LogP contribution in [0, 0.1) is 0 Å². The summed E-state index contributed by atoms with van der Waals surface area (Å²) in [5.74, 6) is 0. The van der Waals surface area contributed by atoms with Crippen LogP contribution in [0.1, 0.15) is 24.2 Å². The van der Waals surface area contributed by atoms with E-state index >= 15 is 0 Å². The smallest absolute Gasteiger partial charge is 0.0569 e. The third-order valence-electron chi connectivity index (χ3n) is 2.85. The lowest BCUT2D eigenvalue weighted by Gasteiger charge is -2.19. The topological polar surface area (TPSA) is 55.0 Å². The molecule has 2 N–H and O–H groups in total. The van der Waals surface area contributed by atoms with Gasteiger partial charge < -0.3 is 10.6 Å². The van der Waals surface area contributed by atoms with Crippen molar-refractivity contribution in [2.24, 2.45) is 5.73 Å². The monoisotopic (exact) mass is 242 g/mol. The maximum absolute atomic E-state index is 5.78. The van der Waals surface area contributed by atoms with E-state index in [2.05, 4.69) is 14.9 Å². The summed E-state index contributed by atoms with van der Waals surface area (Å²) in [6, 6.07) is 8.03. The van der Waals surface area contributed by atoms with Crippen molar-refractivity contribution < 1.29 is 0 Å². The van der Waals surface area contributed by atoms with Gasteiger partial charge >= 0.3 is 0 Å². The van der Waals surface area contributed by atoms with Crippen molar-refractivity contribution in [1.82, 2.24) is 9.97 Å². The van der Waals surface area contributed by atoms with E-state index in [4.69, 9.17) is 5.73 Å². The third-order valence-corrected chi connectivity index (χ3v) is 2.85. The molecule has 4 nitrogen and oxygen atoms in total. The van der Waals surface area contributed by atoms with E-state index < -0.39 is 0 Å². The second-order valence-electron chi connectivity index (χ2n) is 4.44. The van der Waals surface area contributed by atoms with Gasteiger partial charge in [-0.2, -0.15) is 0 Å². The number of pyridine rings is 2. The number of nitrogens with two attached hydrogens (primary N) is 1. The first-order valence-corrected chi connectivity index (χ1v) is 5.98. The molecule has 2 heterocycles. The van der Waals surface area contributed by atoms with E-state index in [9.17, 15) is 0 Å². The SMILES string of the molecule is C[C@@H](N)c1ccc(N(C)Cc2ccncc2)cn1. The number of nitrogens with zero attached hydrogens (tertiary/aromatic N) is 3. The van der Waals surface area contributed by atoms with Gasteiger partial charge in [0.15, 0.2) is 0 Å². The molecule has 0 unspecified atom stereocenters. The van der Waals surface area contributed by atoms with Crippen molar-refractivity contribution in [3.05, 3.63) is 54.1 Å². The summed E-state index contributed by atoms with van der Waals surface area (Å²) in [7, 11) is 2.04. The number of hydrogen-bond acceptors (Lipinski definition) is 4. The molecule has 0 saturated heterocycles. The van der Waals surface area contributed by atoms with Crippen LogP contribution in [0.25, 0.3) is 0 Å². The van der Waals surface area contributed by atoms with Gasteiger partial charge in [0.2, 0.25) is 0 Å². The van der Waals surface area contributed by atoms with Crippen LogP contribution in [0.4, 0.5) is 5.69 Å². The summed E-state index contributed by atoms with van der Waals surface area (Å²) in [5, 5.41) is 0. The first kappa shape index (κ1) is 12.5. The number of aromatic nitrogens is 2. The minimum atomic E-state index is -0.0236. The van der Waals surface area contributed by atoms with E-state index in [1.807, 2.05) is 44.4 Å². The summed E-state index contributed by atoms with van der Waals surface area (Å²) in [4.78, 5) is 10.5. The largest absolute Gasteiger partial charge is 0.369 e. The molecular formula is C14H18N4. The first-order chi connectivity index (χ1) is 8.66. The summed E-state index contributed by atoms with van der Waals surface area (Å²) in [5.41, 5.74) is 9.00. The van der Waals surface area contributed by atoms with Gasteiger partial charge in [0.05, 0.1) is 17.6 Å². The van der Waals surface area contributed by atoms with Crippen molar-refractivity contribution in [2.75, 3.05) is 11.9 Å². The highest BCUT2D eigenvalue weighted by Gasteiger charge is 2.04. The average molecular weight is 242 g/mol. The van der Waals surface area contributed by atoms with Crippen LogP contribution < -0.4 is 10.6 Å². The van der Waals surface area contributed by atoms with E-state index in [1.165, 1.54) is 5.56 Å². The van der Waals surface area contributed by atoms with E-state index in [-0.39, 0.29) is 6.04 Å². The second kappa shape index (κ2) is 5.60. The van der Waals surface area contributed by atoms with Crippen molar-refractivity contribution in [1.29, 1.82) is 0 Å². The molecule has 0 aliphatic rings. The molecule has 2 rings (SSSR count). The molecule has 4 heteroatoms. The predicted octanol–water partition coefficient (Wildman–Crippen LogP) is 2.13. The van der Waals surface area contributed by atoms with Crippen molar-refractivity contribution in [3.63, 3.8) is 0 Å². The van der Waals surface area contributed by atoms with Gasteiger partial charge in [0.25, 0.3) is 0 Å². The third kappa shape index (κ3) is 3.05. The fourth-order valence-corrected chi connectivity index (χ4v) is 1.75. The van der Waals surface area contributed by atoms with E-state index in [0.29, 0.717) is 0 Å². The van der Waals surface area contributed by atoms with Gasteiger partial charge in [-0.3, -0.25) is 9.97 Å². The van der Waals surface area contributed by atoms with Crippen molar-refractivity contribution in [3.8, 4) is 0 Å². The minimum absolute atomic E-state index is 0.0236. The maximum atomic E-state index is 5.78. The highest BCUT2D eigenvalue weighted by atomic mass is 15.1. The van der Waals surface area contributed by atoms with Gasteiger partial charge in [0, 0.05) is 32.0 Å². The molecule has 0 aliphatic carbocycles. The molecular weight excluding hydrogens is 224 g/mol. The Bertz CT molecular complexity index is 479. The summed E-state index contributed by atoms with van der Waals surface area (Å²) >= 11 is 0. The minimum Gasteiger partial charge on any atom is -0.369 e. The quantitative estimate of drug-likeness (QED) is 0.892. The number of hydrogen-bond donors (Lipinski definition) is 1. The molecule has 0 radical (unpaired) electrons. The van der Waals surface area contributed by atoms with Crippen LogP contribution in [0.2, 0.25) is 0 Å². The van der Waals surface area contributed by atoms with Crippen LogP contribution in [0.15, 0.2) is 42.9 Å². The Morgan fingerprint density at radius 1 is 1.22 bits per heavy atom. The number of anilines is 1. The molecule has 94 valence electrons. The highest BCUT2D eigenvalue weighted by Crippen LogP contribution is 2.16. The molecule has 0 bridgehead atoms. The zero-order valence-corrected chi connectivity index (χ0v) is 10.7. The lowest BCUT2D eigenvalue weighted by molar-refractivity contribution is 0.779. The number of rotatable bonds is 4. The Hall–Kier alpha value is -1.94. The average Bonchev–Trinajstić information content (AvgIpc) is 2.40. The fourth-order valence-electron chi connectivity index (χ4n) is 1.75. The Morgan fingerprint density at radius 2 is 1.94 bits per heavy atom. The summed E-state index contributed by atoms with van der Waals surface area (Å²) in [6.07, 6.45) is 5.47. The molecule has 0 amide bonds. The van der Waals surface area contributed by atoms with Crippen LogP contribution in [-0.2, 0) is 6.54 Å². The molecule has 0 spiro atoms. The molecule has 0 aromatic carbocycles. The van der Waals surface area contributed by atoms with Gasteiger partial charge in [-0.1, -0.05) is 0 Å². The van der Waals surface area contributed by atoms with Gasteiger partial charge in [-0.05, 0) is 36.8 Å². The van der Waals surface area contributed by atoms with Gasteiger partial charge in [-0.15, -0.1) is 0 Å². The van der Waals surface area contributed by atoms with E-state index in [0.717, 1.165) is 17.9 Å². The first-order valence-electron chi connectivity index (χ1n) is 5.98. The van der Waals surface area contributed by atoms with Crippen LogP contribution in [0.3, 0.4) is 0 Å². The maximum Gasteiger partial charge on any atom is 0.0569 e. The predicted molar refractivity (Wildman–Crippen MR) is 73.2 cm³/mol. The van der Waals surface area contributed by atoms with Crippen LogP contribution >= 0.6 is 0 Å². The Labute approximate surface area is 107 Å². The zero-order valence-electron chi connectivity index (χ0n) is 10.7. The molecule has 0 fully saturated rings. The molecule has 0 saturated carbocycles. The molecule has 1 atom stereocenters. The Morgan fingerprint density at radius 3 is 2.50 bits per heavy atom. The molecule has 0 aliphatic heterocycles. The summed E-state index contributed by atoms with van der Waals surface area (Å²) in [6.45, 7) is 2.77. The lowest BCUT2D eigenvalue weighted by atomic mass is 10.2. The van der Waals surface area contributed by atoms with Gasteiger partial charge in [0.1, 0.15) is 0 Å². The van der Waals surface area contributed by atoms with E-state index in [1.54, 1.807) is 12.4 Å². The normalized spacial score (nSPS) is 12.2. The Kier molecular flexibility index (Phi) is 3.89. The van der Waals surface area contributed by atoms with Crippen LogP contribution in [-0.4, -0.2) is 17.0 Å². The van der Waals surface area contributed by atoms with Crippen LogP contribution in [0.5, 0.6) is 0 Å². The van der Waals surface area contributed by atoms with Crippen molar-refractivity contribution >= 4 is 5.69 Å². The second-order valence-corrected chi connectivity index (χ2v) is 4.44. The molecule has 2 aromatic heterocycles. The standard InChI is InChI=1S/C14H18N4/c1-11(15)14-4-3-13(9-17-14)18(2)10-12-5-7-16-8-6-12/h3-9,11H,10,15H2,1-2H3/t11-/m1/s1. The van der Waals surface area contributed by atoms with Crippen molar-refractivity contribution in [2.45, 2.75) is 19.5 Å². The lowest BCUT2D eigenvalue weighted by Crippen LogP contribution is -2.17. The molecule has 2 aromatic rings. The zero-order chi connectivity index (χ0) is 13.0. The Balaban J connectivity index is 2.07. The van der Waals surface area contributed by atoms with Gasteiger partial charge in [-0.25, -0.2) is 0 Å². The highest BCUT2D eigenvalue weighted by molar-refractivity contribution is 5.44. The fraction of sp³-hybridized carbons (Fsp3) is 0.286.